The first-order chi connectivity index (χ1) is 4.99. The van der Waals surface area contributed by atoms with E-state index in [4.69, 9.17) is 0 Å². The van der Waals surface area contributed by atoms with Crippen molar-refractivity contribution in [2.24, 2.45) is 4.99 Å². The highest BCUT2D eigenvalue weighted by molar-refractivity contribution is 5.65. The monoisotopic (exact) mass is 167 g/mol. The maximum Gasteiger partial charge on any atom is 0.524 e. The van der Waals surface area contributed by atoms with Crippen LogP contribution in [0.4, 0.5) is 13.2 Å². The lowest BCUT2D eigenvalue weighted by atomic mass is 10.6. The van der Waals surface area contributed by atoms with Crippen molar-refractivity contribution in [1.82, 2.24) is 4.90 Å². The summed E-state index contributed by atoms with van der Waals surface area (Å²) < 4.78 is 38.3. The molecule has 0 aromatic rings. The number of nitrogens with zero attached hydrogens (tertiary/aromatic N) is 2. The molecular formula is C5H6F3N2O. The van der Waals surface area contributed by atoms with Crippen molar-refractivity contribution in [2.75, 3.05) is 7.05 Å². The Labute approximate surface area is 61.5 Å². The maximum atomic E-state index is 11.6. The Morgan fingerprint density at radius 1 is 1.55 bits per heavy atom. The van der Waals surface area contributed by atoms with E-state index in [2.05, 4.69) is 9.73 Å². The molecule has 0 saturated carbocycles. The fourth-order valence-corrected chi connectivity index (χ4v) is 0.639. The molecule has 0 aromatic carbocycles. The Kier molecular flexibility index (Phi) is 2.15. The third kappa shape index (κ3) is 2.47. The molecule has 0 spiro atoms. The molecule has 0 amide bonds. The van der Waals surface area contributed by atoms with Crippen molar-refractivity contribution in [3.05, 3.63) is 6.67 Å². The summed E-state index contributed by atoms with van der Waals surface area (Å²) in [7, 11) is 1.45. The molecule has 0 N–H and O–H groups in total. The van der Waals surface area contributed by atoms with Crippen LogP contribution in [-0.2, 0) is 4.74 Å². The van der Waals surface area contributed by atoms with Gasteiger partial charge in [0.15, 0.2) is 6.23 Å². The van der Waals surface area contributed by atoms with Gasteiger partial charge in [-0.2, -0.15) is 0 Å². The molecule has 11 heavy (non-hydrogen) atoms. The van der Waals surface area contributed by atoms with Crippen LogP contribution in [0.15, 0.2) is 4.99 Å². The summed E-state index contributed by atoms with van der Waals surface area (Å²) in [5, 5.41) is 0. The summed E-state index contributed by atoms with van der Waals surface area (Å²) >= 11 is 0. The van der Waals surface area contributed by atoms with E-state index in [1.165, 1.54) is 18.6 Å². The van der Waals surface area contributed by atoms with E-state index >= 15 is 0 Å². The Morgan fingerprint density at radius 2 is 2.18 bits per heavy atom. The summed E-state index contributed by atoms with van der Waals surface area (Å²) in [5.41, 5.74) is 0. The van der Waals surface area contributed by atoms with Gasteiger partial charge in [-0.05, 0) is 7.05 Å². The number of hydrogen-bond acceptors (Lipinski definition) is 3. The van der Waals surface area contributed by atoms with E-state index in [-0.39, 0.29) is 0 Å². The molecule has 0 aromatic heterocycles. The van der Waals surface area contributed by atoms with Crippen molar-refractivity contribution in [1.29, 1.82) is 0 Å². The van der Waals surface area contributed by atoms with E-state index in [0.717, 1.165) is 6.21 Å². The summed E-state index contributed by atoms with van der Waals surface area (Å²) in [6.07, 6.45) is -4.65. The molecule has 1 heterocycles. The summed E-state index contributed by atoms with van der Waals surface area (Å²) in [6, 6.07) is 0. The largest absolute Gasteiger partial charge is 0.524 e. The zero-order chi connectivity index (χ0) is 8.48. The molecule has 0 fully saturated rings. The third-order valence-electron chi connectivity index (χ3n) is 1.12. The number of ether oxygens (including phenoxy) is 1. The van der Waals surface area contributed by atoms with Crippen LogP contribution < -0.4 is 0 Å². The normalized spacial score (nSPS) is 26.4. The van der Waals surface area contributed by atoms with Crippen molar-refractivity contribution >= 4 is 6.21 Å². The fraction of sp³-hybridized carbons (Fsp3) is 0.600. The van der Waals surface area contributed by atoms with Gasteiger partial charge in [0.25, 0.3) is 0 Å². The molecule has 1 radical (unpaired) electrons. The van der Waals surface area contributed by atoms with Gasteiger partial charge in [0.2, 0.25) is 0 Å². The first-order valence-electron chi connectivity index (χ1n) is 2.82. The molecule has 3 nitrogen and oxygen atoms in total. The van der Waals surface area contributed by atoms with Gasteiger partial charge in [-0.25, -0.2) is 0 Å². The van der Waals surface area contributed by atoms with Gasteiger partial charge in [0.05, 0.1) is 0 Å². The lowest BCUT2D eigenvalue weighted by Crippen LogP contribution is -2.34. The Balaban J connectivity index is 2.43. The molecule has 0 saturated heterocycles. The first kappa shape index (κ1) is 8.48. The Bertz CT molecular complexity index is 168. The van der Waals surface area contributed by atoms with Crippen molar-refractivity contribution in [3.8, 4) is 0 Å². The quantitative estimate of drug-likeness (QED) is 0.581. The van der Waals surface area contributed by atoms with E-state index < -0.39 is 12.6 Å². The van der Waals surface area contributed by atoms with Gasteiger partial charge < -0.3 is 0 Å². The molecule has 1 atom stereocenters. The van der Waals surface area contributed by atoms with Crippen molar-refractivity contribution in [2.45, 2.75) is 12.6 Å². The predicted molar refractivity (Wildman–Crippen MR) is 31.5 cm³/mol. The first-order valence-corrected chi connectivity index (χ1v) is 2.82. The van der Waals surface area contributed by atoms with E-state index in [0.29, 0.717) is 0 Å². The Morgan fingerprint density at radius 3 is 2.55 bits per heavy atom. The lowest BCUT2D eigenvalue weighted by molar-refractivity contribution is -0.344. The van der Waals surface area contributed by atoms with Crippen LogP contribution in [0.5, 0.6) is 0 Å². The minimum atomic E-state index is -4.61. The van der Waals surface area contributed by atoms with Crippen molar-refractivity contribution in [3.63, 3.8) is 0 Å². The second-order valence-electron chi connectivity index (χ2n) is 2.03. The highest BCUT2D eigenvalue weighted by atomic mass is 19.4. The van der Waals surface area contributed by atoms with Gasteiger partial charge >= 0.3 is 6.36 Å². The van der Waals surface area contributed by atoms with Crippen LogP contribution in [0.1, 0.15) is 0 Å². The fourth-order valence-electron chi connectivity index (χ4n) is 0.639. The molecule has 1 aliphatic heterocycles. The topological polar surface area (TPSA) is 24.8 Å². The molecule has 1 unspecified atom stereocenters. The summed E-state index contributed by atoms with van der Waals surface area (Å²) in [6.45, 7) is 1.26. The van der Waals surface area contributed by atoms with Crippen molar-refractivity contribution < 1.29 is 17.9 Å². The average molecular weight is 167 g/mol. The molecule has 1 rings (SSSR count). The minimum absolute atomic E-state index is 1.08. The summed E-state index contributed by atoms with van der Waals surface area (Å²) in [5.74, 6) is 0. The minimum Gasteiger partial charge on any atom is -0.270 e. The number of halogens is 3. The predicted octanol–water partition coefficient (Wildman–Crippen LogP) is 0.984. The van der Waals surface area contributed by atoms with Gasteiger partial charge in [0, 0.05) is 6.21 Å². The van der Waals surface area contributed by atoms with Crippen LogP contribution >= 0.6 is 0 Å². The third-order valence-corrected chi connectivity index (χ3v) is 1.12. The average Bonchev–Trinajstić information content (AvgIpc) is 2.12. The smallest absolute Gasteiger partial charge is 0.270 e. The lowest BCUT2D eigenvalue weighted by Gasteiger charge is -2.18. The second-order valence-corrected chi connectivity index (χ2v) is 2.03. The number of aliphatic imine (C=N–C) groups is 1. The molecule has 63 valence electrons. The SMILES string of the molecule is CN1[CH]N=CC1OC(F)(F)F. The maximum absolute atomic E-state index is 11.6. The van der Waals surface area contributed by atoms with Crippen LogP contribution in [0.2, 0.25) is 0 Å². The van der Waals surface area contributed by atoms with E-state index in [1.807, 2.05) is 0 Å². The highest BCUT2D eigenvalue weighted by Crippen LogP contribution is 2.21. The van der Waals surface area contributed by atoms with Crippen LogP contribution in [0.25, 0.3) is 0 Å². The number of rotatable bonds is 1. The van der Waals surface area contributed by atoms with E-state index in [9.17, 15) is 13.2 Å². The standard InChI is InChI=1S/C5H6F3N2O/c1-10-3-9-2-4(10)11-5(6,7)8/h2-4H,1H3. The van der Waals surface area contributed by atoms with Gasteiger partial charge in [0.1, 0.15) is 6.67 Å². The van der Waals surface area contributed by atoms with Crippen LogP contribution in [0.3, 0.4) is 0 Å². The van der Waals surface area contributed by atoms with Gasteiger partial charge in [-0.15, -0.1) is 13.2 Å². The van der Waals surface area contributed by atoms with Gasteiger partial charge in [-0.3, -0.25) is 14.6 Å². The number of hydrogen-bond donors (Lipinski definition) is 0. The zero-order valence-electron chi connectivity index (χ0n) is 5.67. The molecule has 1 aliphatic rings. The Hall–Kier alpha value is -0.620. The second kappa shape index (κ2) is 2.78. The summed E-state index contributed by atoms with van der Waals surface area (Å²) in [4.78, 5) is 4.70. The number of alkyl halides is 3. The van der Waals surface area contributed by atoms with Crippen LogP contribution in [0, 0.1) is 6.67 Å². The van der Waals surface area contributed by atoms with Crippen LogP contribution in [-0.4, -0.2) is 30.8 Å². The molecule has 0 aliphatic carbocycles. The van der Waals surface area contributed by atoms with Gasteiger partial charge in [-0.1, -0.05) is 0 Å². The highest BCUT2D eigenvalue weighted by Gasteiger charge is 2.35. The molecule has 6 heteroatoms. The van der Waals surface area contributed by atoms with E-state index in [1.54, 1.807) is 0 Å². The molecular weight excluding hydrogens is 161 g/mol. The molecule has 0 bridgehead atoms. The zero-order valence-corrected chi connectivity index (χ0v) is 5.67.